The van der Waals surface area contributed by atoms with Crippen LogP contribution in [-0.2, 0) is 14.6 Å². The summed E-state index contributed by atoms with van der Waals surface area (Å²) in [6, 6.07) is -0.00999. The number of Topliss-reactive ketones (excluding diaryl/α,β-unsaturated/α-hetero) is 1. The molecule has 0 bridgehead atoms. The van der Waals surface area contributed by atoms with E-state index in [4.69, 9.17) is 0 Å². The van der Waals surface area contributed by atoms with E-state index >= 15 is 0 Å². The average molecular weight is 269 g/mol. The number of aliphatic hydroxyl groups is 2. The molecule has 0 aliphatic rings. The molecule has 0 aromatic heterocycles. The van der Waals surface area contributed by atoms with Crippen LogP contribution >= 0.6 is 0 Å². The van der Waals surface area contributed by atoms with Crippen molar-refractivity contribution in [1.82, 2.24) is 5.32 Å². The van der Waals surface area contributed by atoms with Crippen LogP contribution in [0.5, 0.6) is 0 Å². The third-order valence-corrected chi connectivity index (χ3v) is 2.29. The first kappa shape index (κ1) is 18.9. The van der Waals surface area contributed by atoms with Crippen molar-refractivity contribution >= 4 is 15.6 Å². The van der Waals surface area contributed by atoms with Gasteiger partial charge in [-0.25, -0.2) is 8.42 Å². The lowest BCUT2D eigenvalue weighted by molar-refractivity contribution is -0.114. The van der Waals surface area contributed by atoms with Crippen molar-refractivity contribution in [3.05, 3.63) is 0 Å². The highest BCUT2D eigenvalue weighted by Crippen LogP contribution is 1.96. The topological polar surface area (TPSA) is 104 Å². The number of ketones is 1. The molecule has 2 atom stereocenters. The zero-order valence-electron chi connectivity index (χ0n) is 11.0. The number of aliphatic hydroxyl groups excluding tert-OH is 2. The maximum Gasteiger partial charge on any atom is 0.150 e. The minimum atomic E-state index is -3.25. The summed E-state index contributed by atoms with van der Waals surface area (Å²) in [7, 11) is -3.25. The lowest BCUT2D eigenvalue weighted by Gasteiger charge is -2.20. The molecule has 3 N–H and O–H groups in total. The SMILES string of the molecule is CC(C)=O.CC(C)NC(O)[C@H](O)CS(C)(=O)=O. The second kappa shape index (κ2) is 8.57. The first-order valence-electron chi connectivity index (χ1n) is 5.22. The normalized spacial score (nSPS) is 14.8. The highest BCUT2D eigenvalue weighted by Gasteiger charge is 2.20. The van der Waals surface area contributed by atoms with Crippen molar-refractivity contribution in [2.75, 3.05) is 12.0 Å². The molecule has 0 heterocycles. The molecule has 6 nitrogen and oxygen atoms in total. The van der Waals surface area contributed by atoms with Crippen LogP contribution in [0.2, 0.25) is 0 Å². The fourth-order valence-electron chi connectivity index (χ4n) is 0.854. The number of hydrogen-bond acceptors (Lipinski definition) is 6. The second-order valence-corrected chi connectivity index (χ2v) is 6.52. The summed E-state index contributed by atoms with van der Waals surface area (Å²) in [6.07, 6.45) is -1.47. The van der Waals surface area contributed by atoms with Crippen LogP contribution in [0.4, 0.5) is 0 Å². The Hall–Kier alpha value is -0.500. The number of carbonyl (C=O) groups excluding carboxylic acids is 1. The maximum absolute atomic E-state index is 10.7. The summed E-state index contributed by atoms with van der Waals surface area (Å²) in [5.74, 6) is -0.270. The Balaban J connectivity index is 0. The van der Waals surface area contributed by atoms with Crippen LogP contribution in [-0.4, -0.2) is 54.8 Å². The second-order valence-electron chi connectivity index (χ2n) is 4.33. The Labute approximate surface area is 103 Å². The van der Waals surface area contributed by atoms with E-state index in [0.717, 1.165) is 6.26 Å². The highest BCUT2D eigenvalue weighted by atomic mass is 32.2. The van der Waals surface area contributed by atoms with Gasteiger partial charge in [0.2, 0.25) is 0 Å². The third kappa shape index (κ3) is 18.1. The smallest absolute Gasteiger partial charge is 0.150 e. The number of nitrogens with one attached hydrogen (secondary N) is 1. The lowest BCUT2D eigenvalue weighted by Crippen LogP contribution is -2.46. The fourth-order valence-corrected chi connectivity index (χ4v) is 1.66. The van der Waals surface area contributed by atoms with E-state index in [-0.39, 0.29) is 11.8 Å². The largest absolute Gasteiger partial charge is 0.388 e. The molecule has 17 heavy (non-hydrogen) atoms. The molecule has 7 heteroatoms. The van der Waals surface area contributed by atoms with Gasteiger partial charge in [-0.1, -0.05) is 0 Å². The number of sulfone groups is 1. The molecule has 0 amide bonds. The van der Waals surface area contributed by atoms with Crippen molar-refractivity contribution in [1.29, 1.82) is 0 Å². The zero-order valence-corrected chi connectivity index (χ0v) is 11.8. The van der Waals surface area contributed by atoms with E-state index in [0.29, 0.717) is 0 Å². The van der Waals surface area contributed by atoms with Crippen molar-refractivity contribution in [2.24, 2.45) is 0 Å². The molecule has 0 fully saturated rings. The molecule has 0 aliphatic heterocycles. The Morgan fingerprint density at radius 3 is 1.82 bits per heavy atom. The van der Waals surface area contributed by atoms with Crippen molar-refractivity contribution in [2.45, 2.75) is 46.1 Å². The number of rotatable bonds is 5. The van der Waals surface area contributed by atoms with Gasteiger partial charge in [0.15, 0.2) is 0 Å². The lowest BCUT2D eigenvalue weighted by atomic mass is 10.3. The van der Waals surface area contributed by atoms with E-state index in [2.05, 4.69) is 5.32 Å². The summed E-state index contributed by atoms with van der Waals surface area (Å²) in [4.78, 5) is 9.44. The van der Waals surface area contributed by atoms with Crippen molar-refractivity contribution in [3.8, 4) is 0 Å². The summed E-state index contributed by atoms with van der Waals surface area (Å²) >= 11 is 0. The van der Waals surface area contributed by atoms with E-state index in [9.17, 15) is 23.4 Å². The molecule has 0 rings (SSSR count). The summed E-state index contributed by atoms with van der Waals surface area (Å²) in [6.45, 7) is 6.63. The Bertz CT molecular complexity index is 309. The molecule has 1 unspecified atom stereocenters. The van der Waals surface area contributed by atoms with Gasteiger partial charge in [0.1, 0.15) is 28.0 Å². The van der Waals surface area contributed by atoms with Gasteiger partial charge in [-0.05, 0) is 27.7 Å². The standard InChI is InChI=1S/C7H17NO4S.C3H6O/c1-5(2)8-7(10)6(9)4-13(3,11)12;1-3(2)4/h5-10H,4H2,1-3H3;1-2H3/t6-,7?;/m1./s1. The fraction of sp³-hybridized carbons (Fsp3) is 0.900. The van der Waals surface area contributed by atoms with Crippen molar-refractivity contribution in [3.63, 3.8) is 0 Å². The Kier molecular flexibility index (Phi) is 9.51. The van der Waals surface area contributed by atoms with Crippen LogP contribution in [0.15, 0.2) is 0 Å². The molecular weight excluding hydrogens is 246 g/mol. The Morgan fingerprint density at radius 1 is 1.24 bits per heavy atom. The molecule has 0 aromatic rings. The van der Waals surface area contributed by atoms with Crippen LogP contribution in [0.25, 0.3) is 0 Å². The first-order valence-corrected chi connectivity index (χ1v) is 7.28. The van der Waals surface area contributed by atoms with E-state index < -0.39 is 27.9 Å². The minimum Gasteiger partial charge on any atom is -0.388 e. The average Bonchev–Trinajstić information content (AvgIpc) is 1.97. The van der Waals surface area contributed by atoms with Gasteiger partial charge in [0.05, 0.1) is 5.75 Å². The van der Waals surface area contributed by atoms with Crippen molar-refractivity contribution < 1.29 is 23.4 Å². The highest BCUT2D eigenvalue weighted by molar-refractivity contribution is 7.90. The number of hydrogen-bond donors (Lipinski definition) is 3. The molecule has 0 spiro atoms. The third-order valence-electron chi connectivity index (χ3n) is 1.34. The van der Waals surface area contributed by atoms with E-state index in [1.54, 1.807) is 13.8 Å². The van der Waals surface area contributed by atoms with Crippen LogP contribution in [0.1, 0.15) is 27.7 Å². The van der Waals surface area contributed by atoms with Gasteiger partial charge >= 0.3 is 0 Å². The monoisotopic (exact) mass is 269 g/mol. The molecule has 0 saturated carbocycles. The molecule has 104 valence electrons. The molecule has 0 aliphatic carbocycles. The van der Waals surface area contributed by atoms with E-state index in [1.165, 1.54) is 13.8 Å². The predicted molar refractivity (Wildman–Crippen MR) is 66.4 cm³/mol. The predicted octanol–water partition coefficient (Wildman–Crippen LogP) is -0.696. The van der Waals surface area contributed by atoms with Gasteiger partial charge in [0, 0.05) is 12.3 Å². The van der Waals surface area contributed by atoms with Gasteiger partial charge in [-0.2, -0.15) is 0 Å². The summed E-state index contributed by atoms with van der Waals surface area (Å²) in [5.41, 5.74) is 0. The molecular formula is C10H23NO5S. The molecule has 0 saturated heterocycles. The van der Waals surface area contributed by atoms with Gasteiger partial charge < -0.3 is 15.0 Å². The maximum atomic E-state index is 10.7. The van der Waals surface area contributed by atoms with Crippen LogP contribution in [0, 0.1) is 0 Å². The van der Waals surface area contributed by atoms with Crippen LogP contribution < -0.4 is 5.32 Å². The Morgan fingerprint density at radius 2 is 1.59 bits per heavy atom. The van der Waals surface area contributed by atoms with Crippen LogP contribution in [0.3, 0.4) is 0 Å². The van der Waals surface area contributed by atoms with Gasteiger partial charge in [-0.3, -0.25) is 5.32 Å². The summed E-state index contributed by atoms with van der Waals surface area (Å²) < 4.78 is 21.5. The van der Waals surface area contributed by atoms with Gasteiger partial charge in [0.25, 0.3) is 0 Å². The van der Waals surface area contributed by atoms with Gasteiger partial charge in [-0.15, -0.1) is 0 Å². The zero-order chi connectivity index (χ0) is 14.2. The quantitative estimate of drug-likeness (QED) is 0.570. The summed E-state index contributed by atoms with van der Waals surface area (Å²) in [5, 5.41) is 21.0. The molecule has 0 radical (unpaired) electrons. The first-order chi connectivity index (χ1) is 7.45. The minimum absolute atomic E-state index is 0.00999. The van der Waals surface area contributed by atoms with E-state index in [1.807, 2.05) is 0 Å². The number of carbonyl (C=O) groups is 1. The molecule has 0 aromatic carbocycles.